The number of hydrogen-bond donors (Lipinski definition) is 2. The van der Waals surface area contributed by atoms with Gasteiger partial charge in [0, 0.05) is 23.3 Å². The van der Waals surface area contributed by atoms with Crippen LogP contribution in [-0.4, -0.2) is 26.1 Å². The maximum Gasteiger partial charge on any atom is 0.257 e. The van der Waals surface area contributed by atoms with Crippen molar-refractivity contribution >= 4 is 46.4 Å². The van der Waals surface area contributed by atoms with Gasteiger partial charge in [-0.2, -0.15) is 5.10 Å². The van der Waals surface area contributed by atoms with Crippen LogP contribution in [0.3, 0.4) is 0 Å². The highest BCUT2D eigenvalue weighted by molar-refractivity contribution is 6.34. The third-order valence-electron chi connectivity index (χ3n) is 4.60. The van der Waals surface area contributed by atoms with Crippen LogP contribution in [0.2, 0.25) is 0 Å². The van der Waals surface area contributed by atoms with Gasteiger partial charge in [-0.3, -0.25) is 14.9 Å². The van der Waals surface area contributed by atoms with Crippen molar-refractivity contribution in [3.8, 4) is 0 Å². The number of carbonyl (C=O) groups excluding carboxylic acids is 1. The smallest absolute Gasteiger partial charge is 0.257 e. The Balaban J connectivity index is 1.49. The first-order chi connectivity index (χ1) is 13.8. The Kier molecular flexibility index (Phi) is 3.80. The van der Waals surface area contributed by atoms with Crippen molar-refractivity contribution < 1.29 is 4.79 Å². The minimum absolute atomic E-state index is 0.141. The van der Waals surface area contributed by atoms with E-state index in [1.54, 1.807) is 12.4 Å². The maximum absolute atomic E-state index is 12.3. The lowest BCUT2D eigenvalue weighted by Gasteiger charge is -1.99. The van der Waals surface area contributed by atoms with E-state index in [4.69, 9.17) is 0 Å². The van der Waals surface area contributed by atoms with Crippen LogP contribution in [0.25, 0.3) is 34.7 Å². The fourth-order valence-corrected chi connectivity index (χ4v) is 3.24. The van der Waals surface area contributed by atoms with E-state index in [-0.39, 0.29) is 5.91 Å². The highest BCUT2D eigenvalue weighted by Crippen LogP contribution is 2.31. The molecule has 0 saturated heterocycles. The third kappa shape index (κ3) is 2.87. The second kappa shape index (κ2) is 6.59. The molecule has 0 atom stereocenters. The van der Waals surface area contributed by atoms with Crippen molar-refractivity contribution in [2.24, 2.45) is 0 Å². The molecule has 1 amide bonds. The number of nitrogens with zero attached hydrogens (tertiary/aromatic N) is 3. The highest BCUT2D eigenvalue weighted by atomic mass is 16.2. The van der Waals surface area contributed by atoms with Gasteiger partial charge in [0.15, 0.2) is 0 Å². The molecule has 6 heteroatoms. The Hall–Kier alpha value is -4.06. The van der Waals surface area contributed by atoms with Crippen LogP contribution in [0.15, 0.2) is 60.9 Å². The molecule has 2 N–H and O–H groups in total. The van der Waals surface area contributed by atoms with E-state index < -0.39 is 0 Å². The van der Waals surface area contributed by atoms with Gasteiger partial charge >= 0.3 is 0 Å². The summed E-state index contributed by atoms with van der Waals surface area (Å²) in [7, 11) is 0. The highest BCUT2D eigenvalue weighted by Gasteiger charge is 2.24. The lowest BCUT2D eigenvalue weighted by molar-refractivity contribution is -0.110. The van der Waals surface area contributed by atoms with Crippen molar-refractivity contribution in [1.29, 1.82) is 0 Å². The zero-order valence-corrected chi connectivity index (χ0v) is 14.8. The molecule has 1 aliphatic rings. The molecule has 0 saturated carbocycles. The molecule has 0 radical (unpaired) electrons. The molecule has 4 aromatic rings. The molecule has 0 fully saturated rings. The minimum Gasteiger partial charge on any atom is -0.306 e. The van der Waals surface area contributed by atoms with Gasteiger partial charge in [0.05, 0.1) is 22.5 Å². The summed E-state index contributed by atoms with van der Waals surface area (Å²) in [6.45, 7) is 0. The molecular weight excluding hydrogens is 350 g/mol. The zero-order chi connectivity index (χ0) is 18.9. The number of pyridine rings is 2. The predicted molar refractivity (Wildman–Crippen MR) is 110 cm³/mol. The van der Waals surface area contributed by atoms with Crippen LogP contribution in [0.4, 0.5) is 5.82 Å². The molecule has 3 aromatic heterocycles. The number of H-pyrrole nitrogens is 1. The Morgan fingerprint density at radius 3 is 2.75 bits per heavy atom. The van der Waals surface area contributed by atoms with Gasteiger partial charge in [-0.15, -0.1) is 0 Å². The Morgan fingerprint density at radius 2 is 1.86 bits per heavy atom. The normalized spacial score (nSPS) is 14.7. The molecule has 1 aromatic carbocycles. The minimum atomic E-state index is -0.141. The van der Waals surface area contributed by atoms with Crippen LogP contribution in [0.5, 0.6) is 0 Å². The second-order valence-electron chi connectivity index (χ2n) is 6.41. The third-order valence-corrected chi connectivity index (χ3v) is 4.60. The van der Waals surface area contributed by atoms with Gasteiger partial charge < -0.3 is 5.32 Å². The quantitative estimate of drug-likeness (QED) is 0.537. The second-order valence-corrected chi connectivity index (χ2v) is 6.41. The van der Waals surface area contributed by atoms with Gasteiger partial charge in [-0.1, -0.05) is 12.1 Å². The van der Waals surface area contributed by atoms with Crippen molar-refractivity contribution in [1.82, 2.24) is 20.2 Å². The van der Waals surface area contributed by atoms with E-state index in [0.29, 0.717) is 11.4 Å². The lowest BCUT2D eigenvalue weighted by atomic mass is 10.0. The monoisotopic (exact) mass is 365 g/mol. The maximum atomic E-state index is 12.3. The fourth-order valence-electron chi connectivity index (χ4n) is 3.24. The molecule has 0 aliphatic carbocycles. The van der Waals surface area contributed by atoms with Crippen LogP contribution >= 0.6 is 0 Å². The molecular formula is C22H15N5O. The Labute approximate surface area is 160 Å². The first-order valence-electron chi connectivity index (χ1n) is 8.84. The summed E-state index contributed by atoms with van der Waals surface area (Å²) in [5.74, 6) is 0.459. The number of rotatable bonds is 3. The molecule has 134 valence electrons. The molecule has 0 bridgehead atoms. The number of anilines is 1. The van der Waals surface area contributed by atoms with Gasteiger partial charge in [0.1, 0.15) is 5.82 Å². The van der Waals surface area contributed by atoms with Crippen molar-refractivity contribution in [2.75, 3.05) is 5.32 Å². The van der Waals surface area contributed by atoms with Gasteiger partial charge in [0.2, 0.25) is 0 Å². The number of carbonyl (C=O) groups is 1. The number of benzene rings is 1. The summed E-state index contributed by atoms with van der Waals surface area (Å²) in [4.78, 5) is 20.7. The lowest BCUT2D eigenvalue weighted by Crippen LogP contribution is -2.04. The standard InChI is InChI=1S/C22H15N5O/c28-22-18(16-5-3-11-24-21(16)25-22)12-14-6-8-17-19(26-27-20(17)13-14)9-7-15-4-1-2-10-23-15/h1-13H,(H,26,27)(H,24,25,28). The van der Waals surface area contributed by atoms with E-state index in [9.17, 15) is 4.79 Å². The van der Waals surface area contributed by atoms with Crippen LogP contribution in [0, 0.1) is 0 Å². The summed E-state index contributed by atoms with van der Waals surface area (Å²) in [5, 5.41) is 11.2. The Morgan fingerprint density at radius 1 is 0.929 bits per heavy atom. The van der Waals surface area contributed by atoms with E-state index in [1.807, 2.05) is 66.8 Å². The van der Waals surface area contributed by atoms with Gasteiger partial charge in [-0.05, 0) is 60.2 Å². The SMILES string of the molecule is O=C1Nc2ncccc2C1=Cc1ccc2c(C=Cc3ccccn3)n[nH]c2c1. The van der Waals surface area contributed by atoms with Crippen molar-refractivity contribution in [2.45, 2.75) is 0 Å². The van der Waals surface area contributed by atoms with Crippen molar-refractivity contribution in [3.05, 3.63) is 83.4 Å². The fraction of sp³-hybridized carbons (Fsp3) is 0. The topological polar surface area (TPSA) is 83.6 Å². The molecule has 4 heterocycles. The number of nitrogens with one attached hydrogen (secondary N) is 2. The number of hydrogen-bond acceptors (Lipinski definition) is 4. The average molecular weight is 365 g/mol. The van der Waals surface area contributed by atoms with E-state index in [2.05, 4.69) is 25.5 Å². The molecule has 6 nitrogen and oxygen atoms in total. The largest absolute Gasteiger partial charge is 0.306 e. The molecule has 28 heavy (non-hydrogen) atoms. The van der Waals surface area contributed by atoms with E-state index in [1.165, 1.54) is 0 Å². The number of amides is 1. The molecule has 5 rings (SSSR count). The summed E-state index contributed by atoms with van der Waals surface area (Å²) < 4.78 is 0. The molecule has 1 aliphatic heterocycles. The first-order valence-corrected chi connectivity index (χ1v) is 8.84. The van der Waals surface area contributed by atoms with Crippen LogP contribution < -0.4 is 5.32 Å². The summed E-state index contributed by atoms with van der Waals surface area (Å²) in [6, 6.07) is 15.4. The van der Waals surface area contributed by atoms with Crippen molar-refractivity contribution in [3.63, 3.8) is 0 Å². The molecule has 0 spiro atoms. The van der Waals surface area contributed by atoms with Gasteiger partial charge in [0.25, 0.3) is 5.91 Å². The van der Waals surface area contributed by atoms with E-state index >= 15 is 0 Å². The average Bonchev–Trinajstić information content (AvgIpc) is 3.28. The number of aromatic amines is 1. The predicted octanol–water partition coefficient (Wildman–Crippen LogP) is 4.02. The summed E-state index contributed by atoms with van der Waals surface area (Å²) in [6.07, 6.45) is 9.16. The van der Waals surface area contributed by atoms with Crippen LogP contribution in [0.1, 0.15) is 22.5 Å². The first kappa shape index (κ1) is 16.1. The summed E-state index contributed by atoms with van der Waals surface area (Å²) >= 11 is 0. The van der Waals surface area contributed by atoms with Gasteiger partial charge in [-0.25, -0.2) is 4.98 Å². The number of aromatic nitrogens is 4. The Bertz CT molecular complexity index is 1250. The zero-order valence-electron chi connectivity index (χ0n) is 14.8. The van der Waals surface area contributed by atoms with E-state index in [0.717, 1.165) is 33.4 Å². The molecule has 0 unspecified atom stereocenters. The summed E-state index contributed by atoms with van der Waals surface area (Å²) in [5.41, 5.74) is 4.96. The van der Waals surface area contributed by atoms with Crippen LogP contribution in [-0.2, 0) is 4.79 Å². The number of fused-ring (bicyclic) bond motifs is 2.